The Bertz CT molecular complexity index is 956. The van der Waals surface area contributed by atoms with Crippen LogP contribution in [0.4, 0.5) is 5.82 Å². The number of imidazole rings is 1. The maximum atomic E-state index is 4.77. The molecule has 7 heteroatoms. The molecule has 1 aliphatic rings. The first-order valence-electron chi connectivity index (χ1n) is 10.4. The van der Waals surface area contributed by atoms with E-state index in [-0.39, 0.29) is 0 Å². The zero-order valence-corrected chi connectivity index (χ0v) is 17.2. The van der Waals surface area contributed by atoms with Crippen molar-refractivity contribution in [2.75, 3.05) is 24.5 Å². The van der Waals surface area contributed by atoms with Crippen LogP contribution in [0, 0.1) is 6.92 Å². The second-order valence-corrected chi connectivity index (χ2v) is 7.42. The molecule has 0 spiro atoms. The summed E-state index contributed by atoms with van der Waals surface area (Å²) in [6.45, 7) is 7.57. The Balaban J connectivity index is 1.37. The summed E-state index contributed by atoms with van der Waals surface area (Å²) in [6, 6.07) is 12.6. The number of fused-ring (bicyclic) bond motifs is 1. The van der Waals surface area contributed by atoms with Crippen molar-refractivity contribution in [3.8, 4) is 0 Å². The van der Waals surface area contributed by atoms with E-state index in [2.05, 4.69) is 62.1 Å². The van der Waals surface area contributed by atoms with Crippen LogP contribution >= 0.6 is 0 Å². The number of aromatic nitrogens is 3. The Morgan fingerprint density at radius 2 is 2.03 bits per heavy atom. The summed E-state index contributed by atoms with van der Waals surface area (Å²) in [7, 11) is 0. The molecule has 3 aromatic rings. The van der Waals surface area contributed by atoms with Crippen LogP contribution in [0.15, 0.2) is 53.8 Å². The quantitative estimate of drug-likeness (QED) is 0.517. The average Bonchev–Trinajstić information content (AvgIpc) is 3.18. The summed E-state index contributed by atoms with van der Waals surface area (Å²) in [5, 5.41) is 6.97. The number of guanidine groups is 1. The molecule has 0 aliphatic carbocycles. The van der Waals surface area contributed by atoms with Crippen molar-refractivity contribution in [2.24, 2.45) is 4.99 Å². The van der Waals surface area contributed by atoms with Gasteiger partial charge in [-0.2, -0.15) is 0 Å². The normalized spacial score (nSPS) is 15.7. The van der Waals surface area contributed by atoms with Crippen molar-refractivity contribution < 1.29 is 0 Å². The molecule has 29 heavy (non-hydrogen) atoms. The van der Waals surface area contributed by atoms with Gasteiger partial charge < -0.3 is 19.9 Å². The summed E-state index contributed by atoms with van der Waals surface area (Å²) in [5.74, 6) is 1.92. The molecule has 3 aromatic heterocycles. The number of pyridine rings is 2. The predicted molar refractivity (Wildman–Crippen MR) is 117 cm³/mol. The molecule has 4 rings (SSSR count). The third-order valence-corrected chi connectivity index (χ3v) is 5.30. The van der Waals surface area contributed by atoms with Crippen molar-refractivity contribution >= 4 is 17.4 Å². The maximum Gasteiger partial charge on any atom is 0.191 e. The molecule has 1 aliphatic heterocycles. The minimum Gasteiger partial charge on any atom is -0.357 e. The molecule has 152 valence electrons. The first-order valence-corrected chi connectivity index (χ1v) is 10.4. The summed E-state index contributed by atoms with van der Waals surface area (Å²) in [6.07, 6.45) is 6.06. The SMILES string of the molecule is CCNC(=NCc1cn2c(C)cccc2n1)NC1CCN(c2ccccn2)CC1. The fourth-order valence-corrected chi connectivity index (χ4v) is 3.74. The lowest BCUT2D eigenvalue weighted by atomic mass is 10.1. The standard InChI is InChI=1S/C22H29N7/c1-3-23-22(25-15-19-16-29-17(2)7-6-9-21(29)26-19)27-18-10-13-28(14-11-18)20-8-4-5-12-24-20/h4-9,12,16,18H,3,10-11,13-15H2,1-2H3,(H2,23,25,27). The Morgan fingerprint density at radius 3 is 2.76 bits per heavy atom. The molecule has 1 saturated heterocycles. The number of piperidine rings is 1. The molecule has 0 amide bonds. The second-order valence-electron chi connectivity index (χ2n) is 7.42. The van der Waals surface area contributed by atoms with Crippen LogP contribution in [-0.4, -0.2) is 46.0 Å². The van der Waals surface area contributed by atoms with E-state index >= 15 is 0 Å². The van der Waals surface area contributed by atoms with E-state index in [9.17, 15) is 0 Å². The van der Waals surface area contributed by atoms with Gasteiger partial charge in [-0.25, -0.2) is 15.0 Å². The van der Waals surface area contributed by atoms with Gasteiger partial charge in [0.2, 0.25) is 0 Å². The largest absolute Gasteiger partial charge is 0.357 e. The minimum atomic E-state index is 0.413. The van der Waals surface area contributed by atoms with Crippen molar-refractivity contribution in [2.45, 2.75) is 39.3 Å². The molecule has 0 saturated carbocycles. The monoisotopic (exact) mass is 391 g/mol. The number of hydrogen-bond acceptors (Lipinski definition) is 4. The zero-order chi connectivity index (χ0) is 20.1. The number of nitrogens with one attached hydrogen (secondary N) is 2. The van der Waals surface area contributed by atoms with E-state index in [4.69, 9.17) is 4.99 Å². The number of rotatable bonds is 5. The Kier molecular flexibility index (Phi) is 5.93. The van der Waals surface area contributed by atoms with Crippen LogP contribution in [0.3, 0.4) is 0 Å². The highest BCUT2D eigenvalue weighted by molar-refractivity contribution is 5.80. The molecule has 2 N–H and O–H groups in total. The van der Waals surface area contributed by atoms with Gasteiger partial charge in [0.05, 0.1) is 12.2 Å². The highest BCUT2D eigenvalue weighted by Crippen LogP contribution is 2.17. The summed E-state index contributed by atoms with van der Waals surface area (Å²) < 4.78 is 2.11. The van der Waals surface area contributed by atoms with Gasteiger partial charge in [-0.1, -0.05) is 12.1 Å². The first-order chi connectivity index (χ1) is 14.2. The minimum absolute atomic E-state index is 0.413. The highest BCUT2D eigenvalue weighted by Gasteiger charge is 2.20. The summed E-state index contributed by atoms with van der Waals surface area (Å²) >= 11 is 0. The van der Waals surface area contributed by atoms with Crippen LogP contribution in [0.5, 0.6) is 0 Å². The van der Waals surface area contributed by atoms with Crippen LogP contribution < -0.4 is 15.5 Å². The van der Waals surface area contributed by atoms with E-state index in [0.717, 1.165) is 55.6 Å². The van der Waals surface area contributed by atoms with E-state index in [1.807, 2.05) is 30.5 Å². The molecule has 0 unspecified atom stereocenters. The third-order valence-electron chi connectivity index (χ3n) is 5.30. The van der Waals surface area contributed by atoms with Gasteiger partial charge in [0.25, 0.3) is 0 Å². The van der Waals surface area contributed by atoms with Gasteiger partial charge in [0.1, 0.15) is 11.5 Å². The Labute approximate surface area is 171 Å². The average molecular weight is 392 g/mol. The summed E-state index contributed by atoms with van der Waals surface area (Å²) in [4.78, 5) is 16.3. The van der Waals surface area contributed by atoms with Crippen molar-refractivity contribution in [1.29, 1.82) is 0 Å². The van der Waals surface area contributed by atoms with Crippen LogP contribution in [0.1, 0.15) is 31.2 Å². The topological polar surface area (TPSA) is 69.8 Å². The van der Waals surface area contributed by atoms with Crippen LogP contribution in [-0.2, 0) is 6.54 Å². The second kappa shape index (κ2) is 8.94. The van der Waals surface area contributed by atoms with Gasteiger partial charge in [-0.3, -0.25) is 0 Å². The number of nitrogens with zero attached hydrogens (tertiary/aromatic N) is 5. The van der Waals surface area contributed by atoms with E-state index in [1.54, 1.807) is 0 Å². The van der Waals surface area contributed by atoms with Gasteiger partial charge in [-0.05, 0) is 51.0 Å². The predicted octanol–water partition coefficient (Wildman–Crippen LogP) is 2.76. The van der Waals surface area contributed by atoms with Gasteiger partial charge in [0, 0.05) is 43.8 Å². The fraction of sp³-hybridized carbons (Fsp3) is 0.409. The zero-order valence-electron chi connectivity index (χ0n) is 17.2. The van der Waals surface area contributed by atoms with Crippen LogP contribution in [0.2, 0.25) is 0 Å². The van der Waals surface area contributed by atoms with E-state index in [1.165, 1.54) is 5.69 Å². The molecular formula is C22H29N7. The highest BCUT2D eigenvalue weighted by atomic mass is 15.2. The van der Waals surface area contributed by atoms with Gasteiger partial charge in [0.15, 0.2) is 5.96 Å². The van der Waals surface area contributed by atoms with Crippen LogP contribution in [0.25, 0.3) is 5.65 Å². The summed E-state index contributed by atoms with van der Waals surface area (Å²) in [5.41, 5.74) is 3.12. The molecule has 7 nitrogen and oxygen atoms in total. The number of anilines is 1. The molecule has 0 radical (unpaired) electrons. The lowest BCUT2D eigenvalue weighted by molar-refractivity contribution is 0.459. The molecule has 0 atom stereocenters. The maximum absolute atomic E-state index is 4.77. The smallest absolute Gasteiger partial charge is 0.191 e. The van der Waals surface area contributed by atoms with Crippen molar-refractivity contribution in [1.82, 2.24) is 25.0 Å². The van der Waals surface area contributed by atoms with E-state index < -0.39 is 0 Å². The number of aliphatic imine (C=N–C) groups is 1. The Hall–Kier alpha value is -3.09. The van der Waals surface area contributed by atoms with Crippen molar-refractivity contribution in [3.05, 3.63) is 60.2 Å². The molecular weight excluding hydrogens is 362 g/mol. The molecule has 0 bridgehead atoms. The lowest BCUT2D eigenvalue weighted by Gasteiger charge is -2.33. The third kappa shape index (κ3) is 4.67. The van der Waals surface area contributed by atoms with Gasteiger partial charge >= 0.3 is 0 Å². The Morgan fingerprint density at radius 1 is 1.17 bits per heavy atom. The molecule has 4 heterocycles. The number of hydrogen-bond donors (Lipinski definition) is 2. The lowest BCUT2D eigenvalue weighted by Crippen LogP contribution is -2.48. The van der Waals surface area contributed by atoms with Gasteiger partial charge in [-0.15, -0.1) is 0 Å². The molecule has 0 aromatic carbocycles. The first kappa shape index (κ1) is 19.2. The van der Waals surface area contributed by atoms with E-state index in [0.29, 0.717) is 12.6 Å². The van der Waals surface area contributed by atoms with Crippen molar-refractivity contribution in [3.63, 3.8) is 0 Å². The molecule has 1 fully saturated rings. The number of aryl methyl sites for hydroxylation is 1. The fourth-order valence-electron chi connectivity index (χ4n) is 3.74.